The van der Waals surface area contributed by atoms with Gasteiger partial charge in [-0.1, -0.05) is 24.3 Å². The molecular formula is C14H17NO. The van der Waals surface area contributed by atoms with Gasteiger partial charge in [0, 0.05) is 18.3 Å². The van der Waals surface area contributed by atoms with Gasteiger partial charge < -0.3 is 4.90 Å². The SMILES string of the molecule is CN(C(=O)C1=CCCCC1)c1ccccc1. The number of anilines is 1. The summed E-state index contributed by atoms with van der Waals surface area (Å²) in [5.74, 6) is 0.144. The van der Waals surface area contributed by atoms with Gasteiger partial charge in [-0.15, -0.1) is 0 Å². The van der Waals surface area contributed by atoms with Gasteiger partial charge in [0.2, 0.25) is 0 Å². The second kappa shape index (κ2) is 4.97. The number of allylic oxidation sites excluding steroid dienone is 1. The molecule has 1 aromatic carbocycles. The van der Waals surface area contributed by atoms with Gasteiger partial charge in [-0.2, -0.15) is 0 Å². The summed E-state index contributed by atoms with van der Waals surface area (Å²) in [5.41, 5.74) is 1.93. The quantitative estimate of drug-likeness (QED) is 0.742. The van der Waals surface area contributed by atoms with Gasteiger partial charge in [0.05, 0.1) is 0 Å². The van der Waals surface area contributed by atoms with Gasteiger partial charge in [-0.05, 0) is 37.8 Å². The molecule has 0 saturated heterocycles. The fourth-order valence-electron chi connectivity index (χ4n) is 2.02. The van der Waals surface area contributed by atoms with Crippen molar-refractivity contribution in [1.29, 1.82) is 0 Å². The molecule has 0 bridgehead atoms. The molecule has 1 amide bonds. The monoisotopic (exact) mass is 215 g/mol. The average Bonchev–Trinajstić information content (AvgIpc) is 2.39. The van der Waals surface area contributed by atoms with E-state index in [1.807, 2.05) is 37.4 Å². The van der Waals surface area contributed by atoms with Crippen LogP contribution in [0.5, 0.6) is 0 Å². The van der Waals surface area contributed by atoms with E-state index in [9.17, 15) is 4.79 Å². The van der Waals surface area contributed by atoms with Gasteiger partial charge in [-0.25, -0.2) is 0 Å². The third kappa shape index (κ3) is 2.32. The van der Waals surface area contributed by atoms with Crippen LogP contribution >= 0.6 is 0 Å². The summed E-state index contributed by atoms with van der Waals surface area (Å²) in [4.78, 5) is 13.9. The van der Waals surface area contributed by atoms with Gasteiger partial charge >= 0.3 is 0 Å². The number of nitrogens with zero attached hydrogens (tertiary/aromatic N) is 1. The van der Waals surface area contributed by atoms with Crippen molar-refractivity contribution in [2.75, 3.05) is 11.9 Å². The zero-order valence-electron chi connectivity index (χ0n) is 9.65. The first kappa shape index (κ1) is 10.9. The maximum absolute atomic E-state index is 12.2. The smallest absolute Gasteiger partial charge is 0.253 e. The zero-order valence-corrected chi connectivity index (χ0v) is 9.65. The Kier molecular flexibility index (Phi) is 3.40. The number of carbonyl (C=O) groups excluding carboxylic acids is 1. The molecule has 2 nitrogen and oxygen atoms in total. The third-order valence-corrected chi connectivity index (χ3v) is 3.01. The molecule has 2 rings (SSSR count). The van der Waals surface area contributed by atoms with Crippen LogP contribution in [0.1, 0.15) is 25.7 Å². The third-order valence-electron chi connectivity index (χ3n) is 3.01. The highest BCUT2D eigenvalue weighted by Crippen LogP contribution is 2.21. The Bertz CT molecular complexity index is 394. The molecular weight excluding hydrogens is 198 g/mol. The highest BCUT2D eigenvalue weighted by Gasteiger charge is 2.17. The number of para-hydroxylation sites is 1. The van der Waals surface area contributed by atoms with Crippen molar-refractivity contribution >= 4 is 11.6 Å². The van der Waals surface area contributed by atoms with Gasteiger partial charge in [0.1, 0.15) is 0 Å². The maximum atomic E-state index is 12.2. The largest absolute Gasteiger partial charge is 0.312 e. The summed E-state index contributed by atoms with van der Waals surface area (Å²) in [6.45, 7) is 0. The summed E-state index contributed by atoms with van der Waals surface area (Å²) in [6, 6.07) is 9.78. The van der Waals surface area contributed by atoms with Crippen LogP contribution in [-0.2, 0) is 4.79 Å². The Morgan fingerprint density at radius 1 is 1.19 bits per heavy atom. The first-order chi connectivity index (χ1) is 7.79. The van der Waals surface area contributed by atoms with E-state index >= 15 is 0 Å². The molecule has 0 unspecified atom stereocenters. The maximum Gasteiger partial charge on any atom is 0.253 e. The lowest BCUT2D eigenvalue weighted by Crippen LogP contribution is -2.28. The minimum atomic E-state index is 0.144. The topological polar surface area (TPSA) is 20.3 Å². The minimum Gasteiger partial charge on any atom is -0.312 e. The van der Waals surface area contributed by atoms with Crippen LogP contribution in [0.4, 0.5) is 5.69 Å². The predicted molar refractivity (Wildman–Crippen MR) is 66.4 cm³/mol. The molecule has 0 saturated carbocycles. The van der Waals surface area contributed by atoms with Gasteiger partial charge in [-0.3, -0.25) is 4.79 Å². The van der Waals surface area contributed by atoms with Crippen molar-refractivity contribution < 1.29 is 4.79 Å². The fraction of sp³-hybridized carbons (Fsp3) is 0.357. The number of rotatable bonds is 2. The minimum absolute atomic E-state index is 0.144. The van der Waals surface area contributed by atoms with E-state index in [2.05, 4.69) is 6.08 Å². The van der Waals surface area contributed by atoms with Crippen LogP contribution in [0.3, 0.4) is 0 Å². The highest BCUT2D eigenvalue weighted by molar-refractivity contribution is 6.05. The van der Waals surface area contributed by atoms with Crippen LogP contribution in [0, 0.1) is 0 Å². The standard InChI is InChI=1S/C14H17NO/c1-15(13-10-6-3-7-11-13)14(16)12-8-4-2-5-9-12/h3,6-8,10-11H,2,4-5,9H2,1H3. The van der Waals surface area contributed by atoms with Crippen LogP contribution < -0.4 is 4.90 Å². The van der Waals surface area contributed by atoms with Crippen LogP contribution in [0.25, 0.3) is 0 Å². The van der Waals surface area contributed by atoms with Crippen molar-refractivity contribution in [3.63, 3.8) is 0 Å². The summed E-state index contributed by atoms with van der Waals surface area (Å²) in [7, 11) is 1.84. The Balaban J connectivity index is 2.13. The van der Waals surface area contributed by atoms with Crippen molar-refractivity contribution in [3.05, 3.63) is 42.0 Å². The summed E-state index contributed by atoms with van der Waals surface area (Å²) in [6.07, 6.45) is 6.41. The highest BCUT2D eigenvalue weighted by atomic mass is 16.2. The van der Waals surface area contributed by atoms with E-state index in [4.69, 9.17) is 0 Å². The van der Waals surface area contributed by atoms with Crippen molar-refractivity contribution in [2.45, 2.75) is 25.7 Å². The Hall–Kier alpha value is -1.57. The van der Waals surface area contributed by atoms with E-state index in [1.54, 1.807) is 4.90 Å². The number of hydrogen-bond acceptors (Lipinski definition) is 1. The predicted octanol–water partition coefficient (Wildman–Crippen LogP) is 3.15. The molecule has 84 valence electrons. The molecule has 0 radical (unpaired) electrons. The van der Waals surface area contributed by atoms with Crippen molar-refractivity contribution in [1.82, 2.24) is 0 Å². The first-order valence-electron chi connectivity index (χ1n) is 5.81. The molecule has 0 aliphatic heterocycles. The van der Waals surface area contributed by atoms with Gasteiger partial charge in [0.15, 0.2) is 0 Å². The lowest BCUT2D eigenvalue weighted by molar-refractivity contribution is -0.115. The molecule has 0 aromatic heterocycles. The van der Waals surface area contributed by atoms with Crippen molar-refractivity contribution in [2.24, 2.45) is 0 Å². The van der Waals surface area contributed by atoms with E-state index in [0.29, 0.717) is 0 Å². The number of likely N-dealkylation sites (N-methyl/N-ethyl adjacent to an activating group) is 1. The summed E-state index contributed by atoms with van der Waals surface area (Å²) >= 11 is 0. The van der Waals surface area contributed by atoms with Crippen molar-refractivity contribution in [3.8, 4) is 0 Å². The van der Waals surface area contributed by atoms with Crippen LogP contribution in [-0.4, -0.2) is 13.0 Å². The van der Waals surface area contributed by atoms with E-state index in [1.165, 1.54) is 6.42 Å². The number of amides is 1. The fourth-order valence-corrected chi connectivity index (χ4v) is 2.02. The molecule has 16 heavy (non-hydrogen) atoms. The van der Waals surface area contributed by atoms with E-state index < -0.39 is 0 Å². The molecule has 1 aliphatic rings. The lowest BCUT2D eigenvalue weighted by Gasteiger charge is -2.20. The van der Waals surface area contributed by atoms with Gasteiger partial charge in [0.25, 0.3) is 5.91 Å². The Labute approximate surface area is 96.6 Å². The number of benzene rings is 1. The van der Waals surface area contributed by atoms with E-state index in [0.717, 1.165) is 30.5 Å². The Morgan fingerprint density at radius 2 is 1.94 bits per heavy atom. The molecule has 2 heteroatoms. The molecule has 0 atom stereocenters. The summed E-state index contributed by atoms with van der Waals surface area (Å²) < 4.78 is 0. The number of hydrogen-bond donors (Lipinski definition) is 0. The molecule has 0 heterocycles. The average molecular weight is 215 g/mol. The second-order valence-electron chi connectivity index (χ2n) is 4.17. The summed E-state index contributed by atoms with van der Waals surface area (Å²) in [5, 5.41) is 0. The first-order valence-corrected chi connectivity index (χ1v) is 5.81. The second-order valence-corrected chi connectivity index (χ2v) is 4.17. The number of carbonyl (C=O) groups is 1. The van der Waals surface area contributed by atoms with Crippen LogP contribution in [0.15, 0.2) is 42.0 Å². The molecule has 0 spiro atoms. The lowest BCUT2D eigenvalue weighted by atomic mass is 9.98. The molecule has 1 aliphatic carbocycles. The molecule has 1 aromatic rings. The zero-order chi connectivity index (χ0) is 11.4. The van der Waals surface area contributed by atoms with E-state index in [-0.39, 0.29) is 5.91 Å². The normalized spacial score (nSPS) is 15.4. The molecule has 0 fully saturated rings. The molecule has 0 N–H and O–H groups in total. The van der Waals surface area contributed by atoms with Crippen LogP contribution in [0.2, 0.25) is 0 Å². The Morgan fingerprint density at radius 3 is 2.56 bits per heavy atom.